The van der Waals surface area contributed by atoms with Crippen LogP contribution in [-0.4, -0.2) is 68.5 Å². The quantitative estimate of drug-likeness (QED) is 0.370. The summed E-state index contributed by atoms with van der Waals surface area (Å²) in [5.74, 6) is 0.981. The number of pyridine rings is 2. The van der Waals surface area contributed by atoms with Crippen LogP contribution in [0.2, 0.25) is 0 Å². The number of fused-ring (bicyclic) bond motifs is 1. The number of aromatic nitrogens is 5. The lowest BCUT2D eigenvalue weighted by molar-refractivity contribution is 0.249. The lowest BCUT2D eigenvalue weighted by Gasteiger charge is -2.35. The van der Waals surface area contributed by atoms with Gasteiger partial charge < -0.3 is 10.2 Å². The molecule has 9 heteroatoms. The molecule has 2 saturated heterocycles. The van der Waals surface area contributed by atoms with Crippen molar-refractivity contribution in [1.29, 1.82) is 5.26 Å². The van der Waals surface area contributed by atoms with E-state index in [-0.39, 0.29) is 0 Å². The molecule has 1 N–H and O–H groups in total. The van der Waals surface area contributed by atoms with Crippen LogP contribution in [0.25, 0.3) is 27.8 Å². The van der Waals surface area contributed by atoms with E-state index in [2.05, 4.69) is 86.1 Å². The highest BCUT2D eigenvalue weighted by atomic mass is 15.3. The van der Waals surface area contributed by atoms with Gasteiger partial charge in [0.05, 0.1) is 29.5 Å². The number of hydrogen-bond donors (Lipinski definition) is 1. The zero-order valence-electron chi connectivity index (χ0n) is 21.6. The molecule has 0 spiro atoms. The van der Waals surface area contributed by atoms with Crippen molar-refractivity contribution in [1.82, 2.24) is 34.6 Å². The van der Waals surface area contributed by atoms with Crippen molar-refractivity contribution in [3.8, 4) is 28.3 Å². The van der Waals surface area contributed by atoms with Crippen LogP contribution < -0.4 is 10.2 Å². The third-order valence-corrected chi connectivity index (χ3v) is 7.81. The van der Waals surface area contributed by atoms with Gasteiger partial charge in [-0.25, -0.2) is 9.50 Å². The Kier molecular flexibility index (Phi) is 6.04. The summed E-state index contributed by atoms with van der Waals surface area (Å²) in [7, 11) is 0. The Hall–Kier alpha value is -4.52. The molecule has 1 aromatic carbocycles. The highest BCUT2D eigenvalue weighted by Crippen LogP contribution is 2.32. The first-order valence-corrected chi connectivity index (χ1v) is 13.4. The highest BCUT2D eigenvalue weighted by Gasteiger charge is 2.21. The van der Waals surface area contributed by atoms with E-state index >= 15 is 0 Å². The molecule has 5 aromatic rings. The zero-order valence-corrected chi connectivity index (χ0v) is 21.6. The van der Waals surface area contributed by atoms with Gasteiger partial charge in [0.25, 0.3) is 0 Å². The number of nitrogens with one attached hydrogen (secondary N) is 1. The lowest BCUT2D eigenvalue weighted by atomic mass is 10.0. The molecule has 9 nitrogen and oxygen atoms in total. The molecule has 2 aliphatic heterocycles. The summed E-state index contributed by atoms with van der Waals surface area (Å²) in [6.07, 6.45) is 9.50. The van der Waals surface area contributed by atoms with Gasteiger partial charge in [0, 0.05) is 86.7 Å². The van der Waals surface area contributed by atoms with Gasteiger partial charge in [0.2, 0.25) is 0 Å². The molecule has 0 atom stereocenters. The molecule has 2 aliphatic rings. The maximum Gasteiger partial charge on any atom is 0.128 e. The molecule has 194 valence electrons. The summed E-state index contributed by atoms with van der Waals surface area (Å²) in [6, 6.07) is 19.7. The number of benzene rings is 1. The molecule has 0 bridgehead atoms. The predicted octanol–water partition coefficient (Wildman–Crippen LogP) is 3.60. The van der Waals surface area contributed by atoms with E-state index in [1.807, 2.05) is 23.3 Å². The van der Waals surface area contributed by atoms with Gasteiger partial charge in [0.15, 0.2) is 0 Å². The zero-order chi connectivity index (χ0) is 26.2. The topological polar surface area (TPSA) is 90.3 Å². The summed E-state index contributed by atoms with van der Waals surface area (Å²) < 4.78 is 3.82. The third-order valence-electron chi connectivity index (χ3n) is 7.81. The van der Waals surface area contributed by atoms with Gasteiger partial charge in [-0.05, 0) is 23.8 Å². The molecule has 7 rings (SSSR count). The minimum absolute atomic E-state index is 0.397. The number of hydrogen-bond acceptors (Lipinski definition) is 7. The fourth-order valence-electron chi connectivity index (χ4n) is 5.44. The van der Waals surface area contributed by atoms with Crippen molar-refractivity contribution in [3.05, 3.63) is 90.6 Å². The third kappa shape index (κ3) is 4.54. The fourth-order valence-corrected chi connectivity index (χ4v) is 5.44. The molecule has 4 aromatic heterocycles. The van der Waals surface area contributed by atoms with Crippen molar-refractivity contribution < 1.29 is 0 Å². The molecule has 39 heavy (non-hydrogen) atoms. The van der Waals surface area contributed by atoms with Gasteiger partial charge in [-0.2, -0.15) is 15.5 Å². The van der Waals surface area contributed by atoms with E-state index < -0.39 is 0 Å². The van der Waals surface area contributed by atoms with Crippen LogP contribution in [0.1, 0.15) is 17.2 Å². The first-order chi connectivity index (χ1) is 19.2. The first kappa shape index (κ1) is 23.6. The summed E-state index contributed by atoms with van der Waals surface area (Å²) in [6.45, 7) is 6.77. The van der Waals surface area contributed by atoms with Crippen LogP contribution in [0.3, 0.4) is 0 Å². The van der Waals surface area contributed by atoms with Gasteiger partial charge in [0.1, 0.15) is 11.9 Å². The average Bonchev–Trinajstić information content (AvgIpc) is 3.60. The molecule has 2 fully saturated rings. The SMILES string of the molecule is N#Cc1cnn2cc(-c3cnn(C4CNC4)c3)cc(-c3ccc(N4CCN(Cc5ccccc5)CC4)nc3)c12. The van der Waals surface area contributed by atoms with E-state index in [9.17, 15) is 5.26 Å². The maximum absolute atomic E-state index is 9.76. The molecule has 0 radical (unpaired) electrons. The Morgan fingerprint density at radius 3 is 2.44 bits per heavy atom. The summed E-state index contributed by atoms with van der Waals surface area (Å²) in [5, 5.41) is 22.1. The van der Waals surface area contributed by atoms with Gasteiger partial charge in [-0.1, -0.05) is 30.3 Å². The Balaban J connectivity index is 1.14. The maximum atomic E-state index is 9.76. The Morgan fingerprint density at radius 2 is 1.72 bits per heavy atom. The first-order valence-electron chi connectivity index (χ1n) is 13.4. The molecule has 0 aliphatic carbocycles. The minimum Gasteiger partial charge on any atom is -0.354 e. The van der Waals surface area contributed by atoms with E-state index in [0.717, 1.165) is 79.4 Å². The van der Waals surface area contributed by atoms with Crippen molar-refractivity contribution in [2.75, 3.05) is 44.2 Å². The standard InChI is InChI=1S/C30H29N9/c31-13-25-15-35-39-20-24(26-16-34-38(21-26)27-17-32-18-27)12-28(30(25)39)23-6-7-29(33-14-23)37-10-8-36(9-11-37)19-22-4-2-1-3-5-22/h1-7,12,14-16,20-21,27,32H,8-11,17-19H2. The Bertz CT molecular complexity index is 1630. The molecule has 6 heterocycles. The predicted molar refractivity (Wildman–Crippen MR) is 150 cm³/mol. The van der Waals surface area contributed by atoms with Crippen LogP contribution in [-0.2, 0) is 6.54 Å². The highest BCUT2D eigenvalue weighted by molar-refractivity contribution is 5.87. The summed E-state index contributed by atoms with van der Waals surface area (Å²) in [5.41, 5.74) is 6.62. The molecular weight excluding hydrogens is 486 g/mol. The second-order valence-corrected chi connectivity index (χ2v) is 10.3. The Morgan fingerprint density at radius 1 is 0.872 bits per heavy atom. The van der Waals surface area contributed by atoms with Crippen LogP contribution >= 0.6 is 0 Å². The number of piperazine rings is 1. The van der Waals surface area contributed by atoms with E-state index in [4.69, 9.17) is 4.98 Å². The van der Waals surface area contributed by atoms with Crippen LogP contribution in [0, 0.1) is 11.3 Å². The molecule has 0 unspecified atom stereocenters. The van der Waals surface area contributed by atoms with Crippen molar-refractivity contribution in [2.45, 2.75) is 12.6 Å². The van der Waals surface area contributed by atoms with Crippen molar-refractivity contribution >= 4 is 11.3 Å². The second-order valence-electron chi connectivity index (χ2n) is 10.3. The fraction of sp³-hybridized carbons (Fsp3) is 0.267. The smallest absolute Gasteiger partial charge is 0.128 e. The number of nitriles is 1. The second kappa shape index (κ2) is 9.98. The minimum atomic E-state index is 0.397. The number of nitrogens with zero attached hydrogens (tertiary/aromatic N) is 8. The van der Waals surface area contributed by atoms with E-state index in [0.29, 0.717) is 11.6 Å². The number of rotatable bonds is 6. The molecular formula is C30H29N9. The summed E-state index contributed by atoms with van der Waals surface area (Å²) in [4.78, 5) is 9.70. The van der Waals surface area contributed by atoms with E-state index in [1.165, 1.54) is 5.56 Å². The molecule has 0 amide bonds. The van der Waals surface area contributed by atoms with Gasteiger partial charge >= 0.3 is 0 Å². The van der Waals surface area contributed by atoms with Crippen LogP contribution in [0.5, 0.6) is 0 Å². The lowest BCUT2D eigenvalue weighted by Crippen LogP contribution is -2.46. The number of anilines is 1. The van der Waals surface area contributed by atoms with Crippen molar-refractivity contribution in [3.63, 3.8) is 0 Å². The normalized spacial score (nSPS) is 16.3. The van der Waals surface area contributed by atoms with Gasteiger partial charge in [-0.3, -0.25) is 9.58 Å². The van der Waals surface area contributed by atoms with E-state index in [1.54, 1.807) is 10.7 Å². The molecule has 0 saturated carbocycles. The van der Waals surface area contributed by atoms with Crippen molar-refractivity contribution in [2.24, 2.45) is 0 Å². The average molecular weight is 516 g/mol. The summed E-state index contributed by atoms with van der Waals surface area (Å²) >= 11 is 0. The monoisotopic (exact) mass is 515 g/mol. The van der Waals surface area contributed by atoms with Crippen LogP contribution in [0.4, 0.5) is 5.82 Å². The largest absolute Gasteiger partial charge is 0.354 e. The Labute approximate surface area is 226 Å². The van der Waals surface area contributed by atoms with Crippen LogP contribution in [0.15, 0.2) is 79.5 Å². The van der Waals surface area contributed by atoms with Gasteiger partial charge in [-0.15, -0.1) is 0 Å².